The smallest absolute Gasteiger partial charge is 0.336 e. The summed E-state index contributed by atoms with van der Waals surface area (Å²) >= 11 is 0. The third-order valence-corrected chi connectivity index (χ3v) is 8.33. The first kappa shape index (κ1) is 21.5. The lowest BCUT2D eigenvalue weighted by Gasteiger charge is -2.37. The number of rotatable bonds is 4. The highest BCUT2D eigenvalue weighted by Gasteiger charge is 2.50. The van der Waals surface area contributed by atoms with Crippen molar-refractivity contribution >= 4 is 11.9 Å². The maximum absolute atomic E-state index is 13.4. The van der Waals surface area contributed by atoms with Crippen molar-refractivity contribution in [3.63, 3.8) is 0 Å². The molecular weight excluding hydrogens is 432 g/mol. The quantitative estimate of drug-likeness (QED) is 0.696. The van der Waals surface area contributed by atoms with Gasteiger partial charge in [-0.2, -0.15) is 4.68 Å². The Morgan fingerprint density at radius 3 is 2.76 bits per heavy atom. The van der Waals surface area contributed by atoms with E-state index in [0.29, 0.717) is 18.2 Å². The Labute approximate surface area is 198 Å². The van der Waals surface area contributed by atoms with Crippen molar-refractivity contribution in [1.29, 1.82) is 0 Å². The van der Waals surface area contributed by atoms with Gasteiger partial charge in [0.2, 0.25) is 5.91 Å². The predicted octanol–water partition coefficient (Wildman–Crippen LogP) is 2.40. The molecule has 0 radical (unpaired) electrons. The van der Waals surface area contributed by atoms with Crippen LogP contribution in [0, 0.1) is 5.41 Å². The zero-order valence-corrected chi connectivity index (χ0v) is 19.7. The summed E-state index contributed by atoms with van der Waals surface area (Å²) < 4.78 is 6.98. The zero-order valence-electron chi connectivity index (χ0n) is 19.7. The first-order valence-corrected chi connectivity index (χ1v) is 12.3. The summed E-state index contributed by atoms with van der Waals surface area (Å²) in [7, 11) is 0. The number of fused-ring (bicyclic) bond motifs is 3. The largest absolute Gasteiger partial charge is 0.456 e. The van der Waals surface area contributed by atoms with Gasteiger partial charge in [-0.05, 0) is 80.0 Å². The second-order valence-corrected chi connectivity index (χ2v) is 10.2. The highest BCUT2D eigenvalue weighted by atomic mass is 16.5. The van der Waals surface area contributed by atoms with Crippen LogP contribution >= 0.6 is 0 Å². The minimum Gasteiger partial charge on any atom is -0.456 e. The molecule has 1 amide bonds. The van der Waals surface area contributed by atoms with Crippen LogP contribution in [0.2, 0.25) is 0 Å². The number of ether oxygens (including phenoxy) is 1. The number of nitrogens with one attached hydrogen (secondary N) is 1. The average molecular weight is 463 g/mol. The molecule has 0 unspecified atom stereocenters. The van der Waals surface area contributed by atoms with Crippen molar-refractivity contribution in [2.45, 2.75) is 70.9 Å². The molecule has 1 atom stereocenters. The van der Waals surface area contributed by atoms with Crippen molar-refractivity contribution in [2.24, 2.45) is 5.41 Å². The van der Waals surface area contributed by atoms with Gasteiger partial charge in [0, 0.05) is 25.0 Å². The summed E-state index contributed by atoms with van der Waals surface area (Å²) in [5, 5.41) is 15.8. The number of amides is 1. The molecule has 1 saturated heterocycles. The minimum absolute atomic E-state index is 0.184. The van der Waals surface area contributed by atoms with Gasteiger partial charge in [0.15, 0.2) is 5.82 Å². The summed E-state index contributed by atoms with van der Waals surface area (Å²) in [5.41, 5.74) is 4.69. The Bertz CT molecular complexity index is 1190. The van der Waals surface area contributed by atoms with Gasteiger partial charge in [-0.15, -0.1) is 5.10 Å². The number of carbonyl (C=O) groups excluding carboxylic acids is 2. The maximum atomic E-state index is 13.4. The van der Waals surface area contributed by atoms with Crippen molar-refractivity contribution in [3.05, 3.63) is 46.4 Å². The van der Waals surface area contributed by atoms with Gasteiger partial charge < -0.3 is 15.0 Å². The van der Waals surface area contributed by atoms with Crippen molar-refractivity contribution in [1.82, 2.24) is 30.4 Å². The van der Waals surface area contributed by atoms with Crippen LogP contribution in [0.1, 0.15) is 68.9 Å². The first-order chi connectivity index (χ1) is 16.4. The van der Waals surface area contributed by atoms with Crippen LogP contribution in [-0.2, 0) is 27.2 Å². The van der Waals surface area contributed by atoms with E-state index in [4.69, 9.17) is 4.74 Å². The summed E-state index contributed by atoms with van der Waals surface area (Å²) in [6.07, 6.45) is 6.42. The molecular formula is C25H30N6O3. The fourth-order valence-corrected chi connectivity index (χ4v) is 6.15. The average Bonchev–Trinajstić information content (AvgIpc) is 3.54. The summed E-state index contributed by atoms with van der Waals surface area (Å²) in [6, 6.07) is 7.18. The van der Waals surface area contributed by atoms with Gasteiger partial charge >= 0.3 is 5.97 Å². The number of benzene rings is 1. The summed E-state index contributed by atoms with van der Waals surface area (Å²) in [4.78, 5) is 26.9. The van der Waals surface area contributed by atoms with E-state index in [-0.39, 0.29) is 29.9 Å². The van der Waals surface area contributed by atoms with E-state index < -0.39 is 0 Å². The van der Waals surface area contributed by atoms with Gasteiger partial charge in [-0.1, -0.05) is 12.1 Å². The lowest BCUT2D eigenvalue weighted by atomic mass is 9.71. The first-order valence-electron chi connectivity index (χ1n) is 12.3. The molecule has 178 valence electrons. The van der Waals surface area contributed by atoms with Crippen LogP contribution in [-0.4, -0.2) is 56.2 Å². The molecule has 4 aliphatic rings. The van der Waals surface area contributed by atoms with Crippen molar-refractivity contribution < 1.29 is 14.3 Å². The number of tetrazole rings is 1. The maximum Gasteiger partial charge on any atom is 0.336 e. The molecule has 2 aromatic rings. The molecule has 1 N–H and O–H groups in total. The van der Waals surface area contributed by atoms with Gasteiger partial charge in [-0.25, -0.2) is 4.79 Å². The van der Waals surface area contributed by atoms with Gasteiger partial charge in [0.05, 0.1) is 22.4 Å². The fourth-order valence-electron chi connectivity index (χ4n) is 6.15. The Hall–Kier alpha value is -3.07. The minimum atomic E-state index is -0.300. The number of hydrogen-bond donors (Lipinski definition) is 1. The Morgan fingerprint density at radius 1 is 1.18 bits per heavy atom. The van der Waals surface area contributed by atoms with E-state index >= 15 is 0 Å². The fraction of sp³-hybridized carbons (Fsp3) is 0.560. The van der Waals surface area contributed by atoms with Crippen molar-refractivity contribution in [3.8, 4) is 5.69 Å². The Morgan fingerprint density at radius 2 is 2.00 bits per heavy atom. The van der Waals surface area contributed by atoms with E-state index in [1.54, 1.807) is 6.92 Å². The van der Waals surface area contributed by atoms with E-state index in [2.05, 4.69) is 46.0 Å². The van der Waals surface area contributed by atoms with E-state index in [1.807, 2.05) is 9.58 Å². The van der Waals surface area contributed by atoms with E-state index in [0.717, 1.165) is 62.2 Å². The molecule has 4 heterocycles. The molecule has 6 rings (SSSR count). The Balaban J connectivity index is 1.09. The van der Waals surface area contributed by atoms with Gasteiger partial charge in [0.25, 0.3) is 0 Å². The predicted molar refractivity (Wildman–Crippen MR) is 123 cm³/mol. The number of likely N-dealkylation sites (tertiary alicyclic amines) is 1. The number of cyclic esters (lactones) is 1. The van der Waals surface area contributed by atoms with Crippen molar-refractivity contribution in [2.75, 3.05) is 13.2 Å². The van der Waals surface area contributed by atoms with Crippen LogP contribution in [0.4, 0.5) is 0 Å². The molecule has 2 fully saturated rings. The lowest BCUT2D eigenvalue weighted by molar-refractivity contribution is -0.138. The molecule has 1 aromatic carbocycles. The third kappa shape index (κ3) is 3.36. The molecule has 9 nitrogen and oxygen atoms in total. The molecule has 1 aliphatic carbocycles. The van der Waals surface area contributed by atoms with Crippen LogP contribution in [0.5, 0.6) is 0 Å². The monoisotopic (exact) mass is 462 g/mol. The third-order valence-electron chi connectivity index (χ3n) is 8.33. The zero-order chi connectivity index (χ0) is 23.4. The van der Waals surface area contributed by atoms with E-state index in [9.17, 15) is 9.59 Å². The highest BCUT2D eigenvalue weighted by Crippen LogP contribution is 2.46. The number of carbonyl (C=O) groups is 2. The van der Waals surface area contributed by atoms with Crippen LogP contribution in [0.15, 0.2) is 29.5 Å². The van der Waals surface area contributed by atoms with E-state index in [1.165, 1.54) is 11.1 Å². The standard InChI is InChI=1S/C25H30N6O3/c1-15-21(14-34-23(15)32)30-12-11-25(24(30)33)9-7-19(8-10-25)26-16(2)17-3-5-20-18(13-17)4-6-22-27-28-29-31(20)22/h3,5,13,16,19,26H,4,6-12,14H2,1-2H3/t16-,19?,25?/m1/s1. The van der Waals surface area contributed by atoms with Crippen LogP contribution in [0.25, 0.3) is 5.69 Å². The highest BCUT2D eigenvalue weighted by molar-refractivity contribution is 5.94. The van der Waals surface area contributed by atoms with Gasteiger partial charge in [-0.3, -0.25) is 4.79 Å². The van der Waals surface area contributed by atoms with Crippen LogP contribution in [0.3, 0.4) is 0 Å². The molecule has 1 spiro atoms. The normalized spacial score (nSPS) is 27.2. The molecule has 1 saturated carbocycles. The molecule has 9 heteroatoms. The SMILES string of the molecule is CC1=C(N2CCC3(CCC(N[C@H](C)c4ccc5c(c4)CCc4nnnn4-5)CC3)C2=O)COC1=O. The number of aryl methyl sites for hydroxylation is 2. The van der Waals surface area contributed by atoms with Crippen LogP contribution < -0.4 is 5.32 Å². The number of nitrogens with zero attached hydrogens (tertiary/aromatic N) is 5. The summed E-state index contributed by atoms with van der Waals surface area (Å²) in [5.74, 6) is 0.801. The number of esters is 1. The van der Waals surface area contributed by atoms with Gasteiger partial charge in [0.1, 0.15) is 6.61 Å². The Kier molecular flexibility index (Phi) is 5.05. The summed E-state index contributed by atoms with van der Waals surface area (Å²) in [6.45, 7) is 4.89. The molecule has 3 aliphatic heterocycles. The second-order valence-electron chi connectivity index (χ2n) is 10.2. The topological polar surface area (TPSA) is 102 Å². The molecule has 1 aromatic heterocycles. The number of aromatic nitrogens is 4. The second kappa shape index (κ2) is 8.01. The lowest BCUT2D eigenvalue weighted by Crippen LogP contribution is -2.42. The molecule has 34 heavy (non-hydrogen) atoms. The molecule has 0 bridgehead atoms. The number of hydrogen-bond acceptors (Lipinski definition) is 7.